The van der Waals surface area contributed by atoms with Gasteiger partial charge in [-0.1, -0.05) is 42.5 Å². The van der Waals surface area contributed by atoms with Crippen molar-refractivity contribution in [2.45, 2.75) is 32.7 Å². The third kappa shape index (κ3) is 7.25. The number of Topliss-reactive ketones (excluding diaryl/α,β-unsaturated/α-hetero) is 2. The minimum atomic E-state index is -3.96. The number of carbonyl (C=O) groups excluding carboxylic acids is 2. The van der Waals surface area contributed by atoms with Crippen molar-refractivity contribution < 1.29 is 23.1 Å². The maximum absolute atomic E-state index is 13.5. The highest BCUT2D eigenvalue weighted by atomic mass is 35.5. The van der Waals surface area contributed by atoms with Gasteiger partial charge in [-0.15, -0.1) is 0 Å². The van der Waals surface area contributed by atoms with E-state index < -0.39 is 22.4 Å². The number of hydrogen-bond donors (Lipinski definition) is 2. The molecule has 44 heavy (non-hydrogen) atoms. The van der Waals surface area contributed by atoms with Gasteiger partial charge in [0.2, 0.25) is 5.95 Å². The van der Waals surface area contributed by atoms with E-state index in [1.165, 1.54) is 29.0 Å². The Kier molecular flexibility index (Phi) is 10.4. The summed E-state index contributed by atoms with van der Waals surface area (Å²) < 4.78 is 28.3. The van der Waals surface area contributed by atoms with E-state index in [4.69, 9.17) is 16.7 Å². The van der Waals surface area contributed by atoms with Crippen molar-refractivity contribution in [2.24, 2.45) is 0 Å². The van der Waals surface area contributed by atoms with Crippen LogP contribution in [0.3, 0.4) is 0 Å². The number of ketones is 2. The zero-order valence-electron chi connectivity index (χ0n) is 23.2. The Bertz CT molecular complexity index is 1750. The fourth-order valence-corrected chi connectivity index (χ4v) is 6.89. The molecular formula is C28H31ClN8O5S2. The van der Waals surface area contributed by atoms with Crippen LogP contribution in [0.5, 0.6) is 0 Å². The van der Waals surface area contributed by atoms with Crippen LogP contribution in [0.2, 0.25) is 5.02 Å². The Morgan fingerprint density at radius 1 is 1.02 bits per heavy atom. The van der Waals surface area contributed by atoms with Gasteiger partial charge in [0.15, 0.2) is 21.7 Å². The van der Waals surface area contributed by atoms with Crippen LogP contribution in [0, 0.1) is 13.8 Å². The van der Waals surface area contributed by atoms with Gasteiger partial charge < -0.3 is 15.3 Å². The van der Waals surface area contributed by atoms with E-state index in [1.807, 2.05) is 24.0 Å². The van der Waals surface area contributed by atoms with Gasteiger partial charge in [-0.2, -0.15) is 4.31 Å². The van der Waals surface area contributed by atoms with Crippen molar-refractivity contribution in [3.63, 3.8) is 0 Å². The monoisotopic (exact) mass is 658 g/mol. The maximum Gasteiger partial charge on any atom is 0.260 e. The molecule has 1 aliphatic heterocycles. The van der Waals surface area contributed by atoms with Gasteiger partial charge in [-0.25, -0.2) is 33.3 Å². The fourth-order valence-electron chi connectivity index (χ4n) is 4.43. The number of aliphatic hydroxyl groups excluding tert-OH is 1. The Morgan fingerprint density at radius 2 is 1.73 bits per heavy atom. The number of hydrogen-bond acceptors (Lipinski definition) is 13. The van der Waals surface area contributed by atoms with Crippen LogP contribution < -0.4 is 10.2 Å². The summed E-state index contributed by atoms with van der Waals surface area (Å²) in [7, 11) is -3.96. The number of aromatic nitrogens is 5. The van der Waals surface area contributed by atoms with Crippen LogP contribution >= 0.6 is 22.9 Å². The molecule has 2 N–H and O–H groups in total. The van der Waals surface area contributed by atoms with Gasteiger partial charge in [0.1, 0.15) is 18.2 Å². The predicted octanol–water partition coefficient (Wildman–Crippen LogP) is 3.48. The average molecular weight is 659 g/mol. The number of nitrogens with zero attached hydrogens (tertiary/aromatic N) is 7. The van der Waals surface area contributed by atoms with Crippen molar-refractivity contribution in [2.75, 3.05) is 43.0 Å². The Balaban J connectivity index is 0.00000442. The lowest BCUT2D eigenvalue weighted by molar-refractivity contribution is 0.0902. The number of nitrogens with one attached hydrogen (secondary N) is 1. The second-order valence-corrected chi connectivity index (χ2v) is 13.0. The third-order valence-corrected chi connectivity index (χ3v) is 9.84. The summed E-state index contributed by atoms with van der Waals surface area (Å²) in [5, 5.41) is 12.7. The molecule has 16 heteroatoms. The van der Waals surface area contributed by atoms with Crippen molar-refractivity contribution in [3.05, 3.63) is 75.3 Å². The van der Waals surface area contributed by atoms with Crippen LogP contribution in [0.25, 0.3) is 0 Å². The smallest absolute Gasteiger partial charge is 0.260 e. The third-order valence-electron chi connectivity index (χ3n) is 6.75. The Hall–Kier alpha value is -3.89. The van der Waals surface area contributed by atoms with Gasteiger partial charge in [0, 0.05) is 56.1 Å². The minimum Gasteiger partial charge on any atom is -0.388 e. The molecule has 4 aromatic rings. The van der Waals surface area contributed by atoms with Crippen LogP contribution in [-0.4, -0.2) is 87.1 Å². The number of rotatable bonds is 10. The molecule has 0 bridgehead atoms. The molecule has 0 radical (unpaired) electrons. The fraction of sp³-hybridized carbons (Fsp3) is 0.321. The number of aliphatic hydroxyl groups is 1. The summed E-state index contributed by atoms with van der Waals surface area (Å²) in [6.45, 7) is 3.84. The van der Waals surface area contributed by atoms with Gasteiger partial charge in [0.05, 0.1) is 16.6 Å². The number of benzene rings is 1. The second-order valence-electron chi connectivity index (χ2n) is 9.67. The SMILES string of the molecule is C.Cc1nc(Nc2ncc(C(=O)Cc3c(C)cccc3Cl)s2)cc(S(=O)(=O)N2CCN(c3ncc(C(=O)CO)cn3)CC2)n1. The number of sulfonamides is 1. The largest absolute Gasteiger partial charge is 0.388 e. The second kappa shape index (κ2) is 13.8. The van der Waals surface area contributed by atoms with E-state index in [0.29, 0.717) is 34.1 Å². The standard InChI is InChI=1S/C27H27ClN8O5S2.CH4/c1-16-4-3-5-20(28)19(16)10-21(38)23-14-31-27(42-23)34-24-11-25(33-17(2)32-24)43(40,41)36-8-6-35(7-9-36)26-29-12-18(13-30-26)22(39)15-37;/h3-5,11-14,37H,6-10,15H2,1-2H3,(H,31,32,33,34);1H4. The van der Waals surface area contributed by atoms with Crippen LogP contribution in [0.4, 0.5) is 16.9 Å². The molecule has 0 unspecified atom stereocenters. The molecule has 4 heterocycles. The molecule has 0 amide bonds. The van der Waals surface area contributed by atoms with E-state index in [9.17, 15) is 18.0 Å². The van der Waals surface area contributed by atoms with Gasteiger partial charge in [0.25, 0.3) is 10.0 Å². The molecule has 0 spiro atoms. The molecule has 0 saturated carbocycles. The van der Waals surface area contributed by atoms with Crippen molar-refractivity contribution in [3.8, 4) is 0 Å². The molecule has 1 aromatic carbocycles. The van der Waals surface area contributed by atoms with Crippen molar-refractivity contribution >= 4 is 61.4 Å². The van der Waals surface area contributed by atoms with Crippen LogP contribution in [0.15, 0.2) is 47.9 Å². The molecule has 1 fully saturated rings. The molecule has 232 valence electrons. The van der Waals surface area contributed by atoms with Gasteiger partial charge in [-0.05, 0) is 31.0 Å². The van der Waals surface area contributed by atoms with Crippen LogP contribution in [0.1, 0.15) is 44.4 Å². The summed E-state index contributed by atoms with van der Waals surface area (Å²) >= 11 is 7.41. The Morgan fingerprint density at radius 3 is 2.39 bits per heavy atom. The summed E-state index contributed by atoms with van der Waals surface area (Å²) in [6, 6.07) is 6.82. The van der Waals surface area contributed by atoms with Gasteiger partial charge in [-0.3, -0.25) is 9.59 Å². The zero-order chi connectivity index (χ0) is 30.7. The lowest BCUT2D eigenvalue weighted by Gasteiger charge is -2.33. The summed E-state index contributed by atoms with van der Waals surface area (Å²) in [4.78, 5) is 47.8. The lowest BCUT2D eigenvalue weighted by Crippen LogP contribution is -2.49. The average Bonchev–Trinajstić information content (AvgIpc) is 3.47. The predicted molar refractivity (Wildman–Crippen MR) is 168 cm³/mol. The first-order valence-electron chi connectivity index (χ1n) is 13.1. The molecule has 3 aromatic heterocycles. The molecule has 0 atom stereocenters. The Labute approximate surface area is 264 Å². The summed E-state index contributed by atoms with van der Waals surface area (Å²) in [6.07, 6.45) is 4.28. The molecule has 1 aliphatic rings. The first-order valence-corrected chi connectivity index (χ1v) is 15.8. The van der Waals surface area contributed by atoms with Gasteiger partial charge >= 0.3 is 0 Å². The molecule has 13 nitrogen and oxygen atoms in total. The van der Waals surface area contributed by atoms with E-state index in [0.717, 1.165) is 22.5 Å². The number of thiazole rings is 1. The highest BCUT2D eigenvalue weighted by Gasteiger charge is 2.31. The molecule has 5 rings (SSSR count). The minimum absolute atomic E-state index is 0. The summed E-state index contributed by atoms with van der Waals surface area (Å²) in [5.74, 6) is 0.215. The molecule has 1 saturated heterocycles. The van der Waals surface area contributed by atoms with Crippen molar-refractivity contribution in [1.82, 2.24) is 29.2 Å². The number of aryl methyl sites for hydroxylation is 2. The topological polar surface area (TPSA) is 171 Å². The summed E-state index contributed by atoms with van der Waals surface area (Å²) in [5.41, 5.74) is 1.89. The van der Waals surface area contributed by atoms with Crippen molar-refractivity contribution in [1.29, 1.82) is 0 Å². The maximum atomic E-state index is 13.5. The number of carbonyl (C=O) groups is 2. The van der Waals surface area contributed by atoms with E-state index in [1.54, 1.807) is 13.0 Å². The highest BCUT2D eigenvalue weighted by molar-refractivity contribution is 7.89. The van der Waals surface area contributed by atoms with E-state index in [-0.39, 0.29) is 55.0 Å². The quantitative estimate of drug-likeness (QED) is 0.188. The highest BCUT2D eigenvalue weighted by Crippen LogP contribution is 2.27. The number of piperazine rings is 1. The number of halogens is 1. The molecular weight excluding hydrogens is 628 g/mol. The number of anilines is 3. The lowest BCUT2D eigenvalue weighted by atomic mass is 10.0. The van der Waals surface area contributed by atoms with Crippen LogP contribution in [-0.2, 0) is 16.4 Å². The van der Waals surface area contributed by atoms with E-state index >= 15 is 0 Å². The first-order chi connectivity index (χ1) is 20.5. The normalized spacial score (nSPS) is 13.8. The van der Waals surface area contributed by atoms with E-state index in [2.05, 4.69) is 30.2 Å². The zero-order valence-corrected chi connectivity index (χ0v) is 25.6. The first kappa shape index (κ1) is 33.0. The molecule has 0 aliphatic carbocycles.